The van der Waals surface area contributed by atoms with Gasteiger partial charge in [0.15, 0.2) is 0 Å². The molecule has 0 bridgehead atoms. The molecule has 2 amide bonds. The van der Waals surface area contributed by atoms with Crippen LogP contribution < -0.4 is 15.5 Å². The maximum atomic E-state index is 12.9. The van der Waals surface area contributed by atoms with E-state index in [4.69, 9.17) is 9.84 Å². The minimum absolute atomic E-state index is 0.275. The van der Waals surface area contributed by atoms with Crippen molar-refractivity contribution < 1.29 is 14.3 Å². The van der Waals surface area contributed by atoms with E-state index in [9.17, 15) is 14.9 Å². The maximum Gasteiger partial charge on any atom is 0.410 e. The van der Waals surface area contributed by atoms with Gasteiger partial charge in [-0.15, -0.1) is 0 Å². The van der Waals surface area contributed by atoms with Crippen LogP contribution in [-0.2, 0) is 17.7 Å². The molecule has 46 heavy (non-hydrogen) atoms. The van der Waals surface area contributed by atoms with Crippen molar-refractivity contribution in [3.8, 4) is 17.5 Å². The number of piperazine rings is 1. The average Bonchev–Trinajstić information content (AvgIpc) is 3.26. The topological polar surface area (TPSA) is 141 Å². The Morgan fingerprint density at radius 3 is 2.48 bits per heavy atom. The Hall–Kier alpha value is -5.44. The summed E-state index contributed by atoms with van der Waals surface area (Å²) in [7, 11) is 0. The molecule has 2 aliphatic heterocycles. The first-order valence-electron chi connectivity index (χ1n) is 15.4. The van der Waals surface area contributed by atoms with E-state index in [1.54, 1.807) is 30.0 Å². The van der Waals surface area contributed by atoms with Gasteiger partial charge in [0, 0.05) is 49.8 Å². The Morgan fingerprint density at radius 2 is 1.78 bits per heavy atom. The van der Waals surface area contributed by atoms with Crippen LogP contribution in [0.15, 0.2) is 48.5 Å². The number of carbonyl (C=O) groups excluding carboxylic acids is 2. The van der Waals surface area contributed by atoms with Crippen LogP contribution in [0.25, 0.3) is 11.4 Å². The standard InChI is InChI=1S/C34H37N9O3/c1-21-7-6-8-29(36-21)39-32(44)25-10-12-28(37-22(25)2)30-26(20-35)31-38-27-11-9-24(19-23(27)13-14-43(31)40-30)41-15-17-42(18-16-41)33(45)46-34(3,4)5/h6-12,19,38H,13-18H2,1-5H3,(H,36,39,44). The quantitative estimate of drug-likeness (QED) is 0.306. The summed E-state index contributed by atoms with van der Waals surface area (Å²) in [6, 6.07) is 17.4. The third-order valence-corrected chi connectivity index (χ3v) is 8.00. The van der Waals surface area contributed by atoms with Crippen molar-refractivity contribution in [2.24, 2.45) is 0 Å². The highest BCUT2D eigenvalue weighted by Gasteiger charge is 2.28. The number of hydrogen-bond donors (Lipinski definition) is 2. The Morgan fingerprint density at radius 1 is 1.00 bits per heavy atom. The molecule has 4 aromatic rings. The van der Waals surface area contributed by atoms with Crippen LogP contribution in [0.3, 0.4) is 0 Å². The molecule has 0 unspecified atom stereocenters. The molecule has 12 nitrogen and oxygen atoms in total. The average molecular weight is 620 g/mol. The van der Waals surface area contributed by atoms with Crippen molar-refractivity contribution >= 4 is 35.0 Å². The van der Waals surface area contributed by atoms with E-state index in [0.717, 1.165) is 22.6 Å². The molecule has 236 valence electrons. The predicted octanol–water partition coefficient (Wildman–Crippen LogP) is 5.44. The largest absolute Gasteiger partial charge is 0.444 e. The molecule has 0 saturated carbocycles. The number of benzene rings is 1. The van der Waals surface area contributed by atoms with Crippen LogP contribution in [0, 0.1) is 25.2 Å². The van der Waals surface area contributed by atoms with Crippen LogP contribution in [0.4, 0.5) is 27.8 Å². The van der Waals surface area contributed by atoms with Gasteiger partial charge < -0.3 is 25.2 Å². The van der Waals surface area contributed by atoms with Crippen molar-refractivity contribution in [3.63, 3.8) is 0 Å². The van der Waals surface area contributed by atoms with Gasteiger partial charge >= 0.3 is 6.09 Å². The number of hydrogen-bond acceptors (Lipinski definition) is 9. The van der Waals surface area contributed by atoms with Gasteiger partial charge in [0.25, 0.3) is 5.91 Å². The van der Waals surface area contributed by atoms with Gasteiger partial charge in [0.1, 0.15) is 34.6 Å². The number of rotatable bonds is 4. The fourth-order valence-electron chi connectivity index (χ4n) is 5.70. The fraction of sp³-hybridized carbons (Fsp3) is 0.353. The first-order chi connectivity index (χ1) is 22.0. The molecule has 0 atom stereocenters. The Bertz CT molecular complexity index is 1860. The lowest BCUT2D eigenvalue weighted by molar-refractivity contribution is 0.0240. The van der Waals surface area contributed by atoms with E-state index < -0.39 is 5.60 Å². The lowest BCUT2D eigenvalue weighted by Crippen LogP contribution is -2.50. The molecule has 12 heteroatoms. The SMILES string of the molecule is Cc1cccc(NC(=O)c2ccc(-c3nn4c(c3C#N)Nc3ccc(N5CCN(C(=O)OC(C)(C)C)CC5)cc3CC4)nc2C)n1. The van der Waals surface area contributed by atoms with Gasteiger partial charge in [-0.3, -0.25) is 9.78 Å². The van der Waals surface area contributed by atoms with E-state index in [-0.39, 0.29) is 12.0 Å². The molecule has 5 heterocycles. The molecule has 2 N–H and O–H groups in total. The van der Waals surface area contributed by atoms with E-state index in [1.807, 2.05) is 50.6 Å². The maximum absolute atomic E-state index is 12.9. The number of ether oxygens (including phenoxy) is 1. The van der Waals surface area contributed by atoms with E-state index >= 15 is 0 Å². The first-order valence-corrected chi connectivity index (χ1v) is 15.4. The number of nitrogens with one attached hydrogen (secondary N) is 2. The summed E-state index contributed by atoms with van der Waals surface area (Å²) in [4.78, 5) is 38.5. The molecular weight excluding hydrogens is 582 g/mol. The van der Waals surface area contributed by atoms with Gasteiger partial charge in [0.05, 0.1) is 17.0 Å². The number of amides is 2. The molecule has 0 radical (unpaired) electrons. The number of nitrogens with zero attached hydrogens (tertiary/aromatic N) is 7. The number of fused-ring (bicyclic) bond motifs is 2. The molecule has 6 rings (SSSR count). The lowest BCUT2D eigenvalue weighted by Gasteiger charge is -2.37. The second kappa shape index (κ2) is 12.2. The molecule has 1 fully saturated rings. The normalized spacial score (nSPS) is 14.3. The second-order valence-electron chi connectivity index (χ2n) is 12.5. The van der Waals surface area contributed by atoms with Crippen LogP contribution in [0.2, 0.25) is 0 Å². The molecule has 2 aliphatic rings. The zero-order valence-electron chi connectivity index (χ0n) is 26.7. The minimum atomic E-state index is -0.517. The van der Waals surface area contributed by atoms with Gasteiger partial charge in [-0.2, -0.15) is 10.4 Å². The Labute approximate surface area is 268 Å². The number of aromatic nitrogens is 4. The predicted molar refractivity (Wildman–Crippen MR) is 175 cm³/mol. The highest BCUT2D eigenvalue weighted by atomic mass is 16.6. The summed E-state index contributed by atoms with van der Waals surface area (Å²) < 4.78 is 7.35. The van der Waals surface area contributed by atoms with Gasteiger partial charge in [-0.05, 0) is 89.1 Å². The third kappa shape index (κ3) is 6.35. The van der Waals surface area contributed by atoms with E-state index in [0.29, 0.717) is 79.0 Å². The zero-order valence-corrected chi connectivity index (χ0v) is 26.7. The van der Waals surface area contributed by atoms with E-state index in [2.05, 4.69) is 43.7 Å². The number of aryl methyl sites for hydroxylation is 4. The number of pyridine rings is 2. The lowest BCUT2D eigenvalue weighted by atomic mass is 10.1. The van der Waals surface area contributed by atoms with Crippen molar-refractivity contribution in [1.82, 2.24) is 24.6 Å². The molecule has 0 spiro atoms. The summed E-state index contributed by atoms with van der Waals surface area (Å²) in [5, 5.41) is 21.3. The van der Waals surface area contributed by atoms with Crippen LogP contribution >= 0.6 is 0 Å². The summed E-state index contributed by atoms with van der Waals surface area (Å²) in [6.45, 7) is 12.4. The van der Waals surface area contributed by atoms with E-state index in [1.165, 1.54) is 0 Å². The van der Waals surface area contributed by atoms with Crippen molar-refractivity contribution in [3.05, 3.63) is 76.6 Å². The van der Waals surface area contributed by atoms with Gasteiger partial charge in [0.2, 0.25) is 0 Å². The Balaban J connectivity index is 1.17. The van der Waals surface area contributed by atoms with Crippen LogP contribution in [0.5, 0.6) is 0 Å². The monoisotopic (exact) mass is 619 g/mol. The van der Waals surface area contributed by atoms with Crippen LogP contribution in [0.1, 0.15) is 53.6 Å². The van der Waals surface area contributed by atoms with Gasteiger partial charge in [-0.1, -0.05) is 6.07 Å². The summed E-state index contributed by atoms with van der Waals surface area (Å²) in [5.41, 5.74) is 5.72. The molecule has 1 aromatic carbocycles. The highest BCUT2D eigenvalue weighted by Crippen LogP contribution is 2.35. The molecular formula is C34H37N9O3. The number of carbonyl (C=O) groups is 2. The van der Waals surface area contributed by atoms with Crippen molar-refractivity contribution in [1.29, 1.82) is 5.26 Å². The summed E-state index contributed by atoms with van der Waals surface area (Å²) in [6.07, 6.45) is 0.439. The first kappa shape index (κ1) is 30.6. The Kier molecular flexibility index (Phi) is 8.08. The fourth-order valence-corrected chi connectivity index (χ4v) is 5.70. The third-order valence-electron chi connectivity index (χ3n) is 8.00. The van der Waals surface area contributed by atoms with Crippen molar-refractivity contribution in [2.75, 3.05) is 41.7 Å². The van der Waals surface area contributed by atoms with Gasteiger partial charge in [-0.25, -0.2) is 14.5 Å². The van der Waals surface area contributed by atoms with Crippen LogP contribution in [-0.4, -0.2) is 68.4 Å². The molecule has 3 aromatic heterocycles. The zero-order chi connectivity index (χ0) is 32.6. The molecule has 1 saturated heterocycles. The number of anilines is 4. The summed E-state index contributed by atoms with van der Waals surface area (Å²) in [5.74, 6) is 0.775. The summed E-state index contributed by atoms with van der Waals surface area (Å²) >= 11 is 0. The highest BCUT2D eigenvalue weighted by molar-refractivity contribution is 6.04. The minimum Gasteiger partial charge on any atom is -0.444 e. The number of nitriles is 1. The molecule has 0 aliphatic carbocycles. The smallest absolute Gasteiger partial charge is 0.410 e. The second-order valence-corrected chi connectivity index (χ2v) is 12.5. The van der Waals surface area contributed by atoms with Crippen molar-refractivity contribution in [2.45, 2.75) is 53.2 Å².